The third kappa shape index (κ3) is 3.24. The summed E-state index contributed by atoms with van der Waals surface area (Å²) in [6.45, 7) is 5.16. The first-order valence-electron chi connectivity index (χ1n) is 5.61. The third-order valence-corrected chi connectivity index (χ3v) is 3.86. The van der Waals surface area contributed by atoms with E-state index in [1.807, 2.05) is 0 Å². The summed E-state index contributed by atoms with van der Waals surface area (Å²) < 4.78 is 32.3. The van der Waals surface area contributed by atoms with E-state index in [0.717, 1.165) is 17.4 Å². The fraction of sp³-hybridized carbons (Fsp3) is 0.333. The van der Waals surface area contributed by atoms with Gasteiger partial charge in [0.25, 0.3) is 0 Å². The lowest BCUT2D eigenvalue weighted by Crippen LogP contribution is -2.27. The molecule has 0 spiro atoms. The Bertz CT molecular complexity index is 682. The zero-order chi connectivity index (χ0) is 15.1. The number of hydrogen-bond donors (Lipinski definition) is 1. The number of hydrogen-bond acceptors (Lipinski definition) is 4. The second-order valence-electron chi connectivity index (χ2n) is 4.98. The van der Waals surface area contributed by atoms with Crippen LogP contribution in [0, 0.1) is 11.6 Å². The number of rotatable bonds is 1. The highest BCUT2D eigenvalue weighted by molar-refractivity contribution is 9.10. The summed E-state index contributed by atoms with van der Waals surface area (Å²) in [5.41, 5.74) is -0.530. The lowest BCUT2D eigenvalue weighted by atomic mass is 10.2. The summed E-state index contributed by atoms with van der Waals surface area (Å²) >= 11 is 3.91. The Morgan fingerprint density at radius 2 is 2.05 bits per heavy atom. The standard InChI is InChI=1S/C12H11BrF2N2O2S/c1-12(2,3)19-11(18)17-10-16-8-7(13)5(14)4-6(15)9(8)20-10/h4H,1-3H3,(H,16,17,18). The van der Waals surface area contributed by atoms with Gasteiger partial charge in [-0.25, -0.2) is 18.6 Å². The molecule has 0 aliphatic carbocycles. The second-order valence-corrected chi connectivity index (χ2v) is 6.77. The van der Waals surface area contributed by atoms with Crippen molar-refractivity contribution in [1.82, 2.24) is 4.98 Å². The van der Waals surface area contributed by atoms with Gasteiger partial charge in [0, 0.05) is 6.07 Å². The van der Waals surface area contributed by atoms with Gasteiger partial charge in [-0.1, -0.05) is 11.3 Å². The van der Waals surface area contributed by atoms with Crippen LogP contribution in [0.25, 0.3) is 10.2 Å². The van der Waals surface area contributed by atoms with Crippen LogP contribution in [0.2, 0.25) is 0 Å². The van der Waals surface area contributed by atoms with Crippen LogP contribution < -0.4 is 5.32 Å². The molecule has 4 nitrogen and oxygen atoms in total. The first-order chi connectivity index (χ1) is 9.17. The van der Waals surface area contributed by atoms with Gasteiger partial charge in [0.05, 0.1) is 9.17 Å². The molecule has 1 heterocycles. The van der Waals surface area contributed by atoms with Crippen LogP contribution in [-0.4, -0.2) is 16.7 Å². The Kier molecular flexibility index (Phi) is 3.97. The summed E-state index contributed by atoms with van der Waals surface area (Å²) in [7, 11) is 0. The van der Waals surface area contributed by atoms with E-state index >= 15 is 0 Å². The minimum atomic E-state index is -0.746. The highest BCUT2D eigenvalue weighted by Gasteiger charge is 2.20. The molecule has 108 valence electrons. The average Bonchev–Trinajstić information content (AvgIpc) is 2.67. The zero-order valence-corrected chi connectivity index (χ0v) is 13.3. The normalized spacial score (nSPS) is 11.7. The molecule has 0 bridgehead atoms. The molecule has 0 saturated carbocycles. The van der Waals surface area contributed by atoms with E-state index in [9.17, 15) is 13.6 Å². The predicted molar refractivity (Wildman–Crippen MR) is 77.1 cm³/mol. The highest BCUT2D eigenvalue weighted by Crippen LogP contribution is 2.35. The maximum absolute atomic E-state index is 13.6. The molecular weight excluding hydrogens is 354 g/mol. The first-order valence-corrected chi connectivity index (χ1v) is 7.22. The number of halogens is 3. The van der Waals surface area contributed by atoms with Gasteiger partial charge in [-0.15, -0.1) is 0 Å². The van der Waals surface area contributed by atoms with E-state index in [2.05, 4.69) is 26.2 Å². The molecule has 0 saturated heterocycles. The molecular formula is C12H11BrF2N2O2S. The lowest BCUT2D eigenvalue weighted by Gasteiger charge is -2.18. The average molecular weight is 365 g/mol. The largest absolute Gasteiger partial charge is 0.444 e. The van der Waals surface area contributed by atoms with Crippen molar-refractivity contribution in [1.29, 1.82) is 0 Å². The van der Waals surface area contributed by atoms with E-state index < -0.39 is 23.3 Å². The summed E-state index contributed by atoms with van der Waals surface area (Å²) in [5.74, 6) is -1.47. The molecule has 2 aromatic rings. The van der Waals surface area contributed by atoms with E-state index in [-0.39, 0.29) is 19.8 Å². The summed E-state index contributed by atoms with van der Waals surface area (Å²) in [4.78, 5) is 15.6. The number of anilines is 1. The predicted octanol–water partition coefficient (Wildman–Crippen LogP) is 4.68. The minimum absolute atomic E-state index is 0.0578. The number of ether oxygens (including phenoxy) is 1. The summed E-state index contributed by atoms with van der Waals surface area (Å²) in [6.07, 6.45) is -0.700. The maximum Gasteiger partial charge on any atom is 0.413 e. The van der Waals surface area contributed by atoms with Gasteiger partial charge in [0.1, 0.15) is 22.8 Å². The fourth-order valence-corrected chi connectivity index (χ4v) is 2.83. The van der Waals surface area contributed by atoms with Crippen LogP contribution in [0.4, 0.5) is 18.7 Å². The lowest BCUT2D eigenvalue weighted by molar-refractivity contribution is 0.0636. The SMILES string of the molecule is CC(C)(C)OC(=O)Nc1nc2c(Br)c(F)cc(F)c2s1. The topological polar surface area (TPSA) is 51.2 Å². The number of benzene rings is 1. The Hall–Kier alpha value is -1.28. The molecule has 1 aromatic carbocycles. The van der Waals surface area contributed by atoms with Crippen LogP contribution in [0.15, 0.2) is 10.5 Å². The molecule has 0 atom stereocenters. The fourth-order valence-electron chi connectivity index (χ4n) is 1.43. The number of amides is 1. The van der Waals surface area contributed by atoms with E-state index in [4.69, 9.17) is 4.74 Å². The number of carbonyl (C=O) groups excluding carboxylic acids is 1. The van der Waals surface area contributed by atoms with Crippen molar-refractivity contribution in [3.63, 3.8) is 0 Å². The maximum atomic E-state index is 13.6. The molecule has 1 amide bonds. The number of fused-ring (bicyclic) bond motifs is 1. The third-order valence-electron chi connectivity index (χ3n) is 2.12. The number of thiazole rings is 1. The molecule has 0 aliphatic rings. The molecule has 0 radical (unpaired) electrons. The molecule has 0 unspecified atom stereocenters. The second kappa shape index (κ2) is 5.25. The van der Waals surface area contributed by atoms with Gasteiger partial charge in [0.15, 0.2) is 5.13 Å². The Balaban J connectivity index is 2.31. The molecule has 1 N–H and O–H groups in total. The molecule has 0 fully saturated rings. The quantitative estimate of drug-likeness (QED) is 0.747. The number of nitrogens with zero attached hydrogens (tertiary/aromatic N) is 1. The molecule has 0 aliphatic heterocycles. The molecule has 1 aromatic heterocycles. The van der Waals surface area contributed by atoms with Crippen molar-refractivity contribution >= 4 is 48.7 Å². The van der Waals surface area contributed by atoms with Gasteiger partial charge in [-0.2, -0.15) is 0 Å². The van der Waals surface area contributed by atoms with Crippen LogP contribution in [0.5, 0.6) is 0 Å². The van der Waals surface area contributed by atoms with Gasteiger partial charge >= 0.3 is 6.09 Å². The van der Waals surface area contributed by atoms with Crippen molar-refractivity contribution < 1.29 is 18.3 Å². The van der Waals surface area contributed by atoms with Gasteiger partial charge in [-0.05, 0) is 36.7 Å². The number of aromatic nitrogens is 1. The Morgan fingerprint density at radius 1 is 1.40 bits per heavy atom. The van der Waals surface area contributed by atoms with E-state index in [1.165, 1.54) is 0 Å². The van der Waals surface area contributed by atoms with Gasteiger partial charge in [0.2, 0.25) is 0 Å². The van der Waals surface area contributed by atoms with Crippen molar-refractivity contribution in [3.05, 3.63) is 22.2 Å². The van der Waals surface area contributed by atoms with E-state index in [0.29, 0.717) is 0 Å². The molecule has 8 heteroatoms. The van der Waals surface area contributed by atoms with Crippen molar-refractivity contribution in [2.45, 2.75) is 26.4 Å². The summed E-state index contributed by atoms with van der Waals surface area (Å²) in [6, 6.07) is 0.766. The van der Waals surface area contributed by atoms with E-state index in [1.54, 1.807) is 20.8 Å². The monoisotopic (exact) mass is 364 g/mol. The van der Waals surface area contributed by atoms with Crippen molar-refractivity contribution in [2.75, 3.05) is 5.32 Å². The van der Waals surface area contributed by atoms with Crippen LogP contribution in [0.1, 0.15) is 20.8 Å². The van der Waals surface area contributed by atoms with Gasteiger partial charge in [-0.3, -0.25) is 5.32 Å². The molecule has 2 rings (SSSR count). The molecule has 20 heavy (non-hydrogen) atoms. The van der Waals surface area contributed by atoms with Crippen molar-refractivity contribution in [2.24, 2.45) is 0 Å². The Labute approximate surface area is 126 Å². The highest BCUT2D eigenvalue weighted by atomic mass is 79.9. The van der Waals surface area contributed by atoms with Crippen molar-refractivity contribution in [3.8, 4) is 0 Å². The summed E-state index contributed by atoms with van der Waals surface area (Å²) in [5, 5.41) is 2.54. The number of carbonyl (C=O) groups is 1. The minimum Gasteiger partial charge on any atom is -0.444 e. The van der Waals surface area contributed by atoms with Crippen LogP contribution in [-0.2, 0) is 4.74 Å². The zero-order valence-electron chi connectivity index (χ0n) is 10.9. The van der Waals surface area contributed by atoms with Gasteiger partial charge < -0.3 is 4.74 Å². The Morgan fingerprint density at radius 3 is 2.65 bits per heavy atom. The van der Waals surface area contributed by atoms with Crippen LogP contribution in [0.3, 0.4) is 0 Å². The van der Waals surface area contributed by atoms with Crippen LogP contribution >= 0.6 is 27.3 Å². The number of nitrogens with one attached hydrogen (secondary N) is 1. The first kappa shape index (κ1) is 15.1. The smallest absolute Gasteiger partial charge is 0.413 e.